The molecule has 2 fully saturated rings. The molecule has 0 aromatic carbocycles. The van der Waals surface area contributed by atoms with Crippen molar-refractivity contribution in [2.45, 2.75) is 32.7 Å². The van der Waals surface area contributed by atoms with Crippen LogP contribution in [-0.4, -0.2) is 63.8 Å². The summed E-state index contributed by atoms with van der Waals surface area (Å²) in [5, 5.41) is 4.60. The maximum absolute atomic E-state index is 12.1. The second-order valence-corrected chi connectivity index (χ2v) is 7.53. The molecule has 2 aromatic heterocycles. The van der Waals surface area contributed by atoms with Crippen LogP contribution in [-0.2, 0) is 11.8 Å². The Hall–Kier alpha value is -2.64. The van der Waals surface area contributed by atoms with Crippen LogP contribution in [0.25, 0.3) is 0 Å². The van der Waals surface area contributed by atoms with E-state index in [1.54, 1.807) is 11.2 Å². The second kappa shape index (κ2) is 6.83. The van der Waals surface area contributed by atoms with Crippen LogP contribution in [0.5, 0.6) is 0 Å². The summed E-state index contributed by atoms with van der Waals surface area (Å²) in [6.07, 6.45) is 3.84. The first-order valence-electron chi connectivity index (χ1n) is 9.53. The lowest BCUT2D eigenvalue weighted by Gasteiger charge is -2.33. The van der Waals surface area contributed by atoms with Crippen molar-refractivity contribution in [2.75, 3.05) is 43.0 Å². The van der Waals surface area contributed by atoms with E-state index in [2.05, 4.69) is 33.8 Å². The Balaban J connectivity index is 1.62. The van der Waals surface area contributed by atoms with Crippen LogP contribution in [0.3, 0.4) is 0 Å². The lowest BCUT2D eigenvalue weighted by Crippen LogP contribution is -2.48. The highest BCUT2D eigenvalue weighted by atomic mass is 16.2. The molecule has 0 saturated carbocycles. The van der Waals surface area contributed by atoms with Crippen molar-refractivity contribution in [3.8, 4) is 0 Å². The number of hydrogen-bond donors (Lipinski definition) is 0. The lowest BCUT2D eigenvalue weighted by atomic mass is 10.0. The molecular weight excluding hydrogens is 342 g/mol. The van der Waals surface area contributed by atoms with Crippen molar-refractivity contribution in [1.29, 1.82) is 0 Å². The molecule has 1 unspecified atom stereocenters. The van der Waals surface area contributed by atoms with Gasteiger partial charge in [0.25, 0.3) is 0 Å². The fraction of sp³-hybridized carbons (Fsp3) is 0.579. The molecule has 0 N–H and O–H groups in total. The summed E-state index contributed by atoms with van der Waals surface area (Å²) >= 11 is 0. The molecule has 0 radical (unpaired) electrons. The first-order chi connectivity index (χ1) is 13.0. The summed E-state index contributed by atoms with van der Waals surface area (Å²) in [6.45, 7) is 7.07. The number of carbonyl (C=O) groups is 1. The van der Waals surface area contributed by atoms with Gasteiger partial charge in [0.15, 0.2) is 0 Å². The molecule has 2 saturated heterocycles. The molecule has 0 aliphatic carbocycles. The first-order valence-corrected chi connectivity index (χ1v) is 9.53. The van der Waals surface area contributed by atoms with Crippen LogP contribution in [0.15, 0.2) is 12.4 Å². The van der Waals surface area contributed by atoms with E-state index in [9.17, 15) is 4.79 Å². The monoisotopic (exact) mass is 369 g/mol. The van der Waals surface area contributed by atoms with Gasteiger partial charge in [0.1, 0.15) is 18.0 Å². The van der Waals surface area contributed by atoms with Gasteiger partial charge in [0.2, 0.25) is 5.91 Å². The van der Waals surface area contributed by atoms with E-state index in [1.165, 1.54) is 11.3 Å². The highest BCUT2D eigenvalue weighted by Gasteiger charge is 2.32. The zero-order valence-electron chi connectivity index (χ0n) is 16.5. The minimum Gasteiger partial charge on any atom is -0.349 e. The Kier molecular flexibility index (Phi) is 4.49. The zero-order valence-corrected chi connectivity index (χ0v) is 16.5. The molecule has 1 atom stereocenters. The average Bonchev–Trinajstić information content (AvgIpc) is 3.22. The largest absolute Gasteiger partial charge is 0.349 e. The molecule has 4 rings (SSSR count). The average molecular weight is 369 g/mol. The SMILES string of the molecule is Cc1nn(C)c(C)c1C1CCCN1c1cc(N2CCN(C)C(=O)C2)ncn1. The smallest absolute Gasteiger partial charge is 0.241 e. The van der Waals surface area contributed by atoms with Crippen molar-refractivity contribution in [3.63, 3.8) is 0 Å². The Labute approximate surface area is 159 Å². The number of aromatic nitrogens is 4. The number of carbonyl (C=O) groups excluding carboxylic acids is 1. The van der Waals surface area contributed by atoms with E-state index in [-0.39, 0.29) is 11.9 Å². The highest BCUT2D eigenvalue weighted by molar-refractivity contribution is 5.82. The van der Waals surface area contributed by atoms with Crippen molar-refractivity contribution in [1.82, 2.24) is 24.6 Å². The van der Waals surface area contributed by atoms with Gasteiger partial charge in [0, 0.05) is 51.1 Å². The topological polar surface area (TPSA) is 70.4 Å². The number of anilines is 2. The van der Waals surface area contributed by atoms with Crippen LogP contribution in [0.4, 0.5) is 11.6 Å². The van der Waals surface area contributed by atoms with Gasteiger partial charge < -0.3 is 14.7 Å². The quantitative estimate of drug-likeness (QED) is 0.816. The summed E-state index contributed by atoms with van der Waals surface area (Å²) in [5.74, 6) is 1.88. The van der Waals surface area contributed by atoms with E-state index in [0.717, 1.165) is 49.8 Å². The molecule has 1 amide bonds. The van der Waals surface area contributed by atoms with Crippen LogP contribution in [0, 0.1) is 13.8 Å². The molecule has 27 heavy (non-hydrogen) atoms. The number of hydrogen-bond acceptors (Lipinski definition) is 6. The van der Waals surface area contributed by atoms with Gasteiger partial charge in [-0.25, -0.2) is 9.97 Å². The lowest BCUT2D eigenvalue weighted by molar-refractivity contribution is -0.129. The van der Waals surface area contributed by atoms with Gasteiger partial charge in [-0.2, -0.15) is 5.10 Å². The molecular formula is C19H27N7O. The van der Waals surface area contributed by atoms with Gasteiger partial charge in [0.05, 0.1) is 18.3 Å². The predicted octanol–water partition coefficient (Wildman–Crippen LogP) is 1.45. The fourth-order valence-electron chi connectivity index (χ4n) is 4.23. The summed E-state index contributed by atoms with van der Waals surface area (Å²) < 4.78 is 1.96. The second-order valence-electron chi connectivity index (χ2n) is 7.53. The van der Waals surface area contributed by atoms with Gasteiger partial charge in [-0.3, -0.25) is 9.48 Å². The van der Waals surface area contributed by atoms with Crippen molar-refractivity contribution >= 4 is 17.5 Å². The van der Waals surface area contributed by atoms with E-state index < -0.39 is 0 Å². The predicted molar refractivity (Wildman–Crippen MR) is 104 cm³/mol. The van der Waals surface area contributed by atoms with Crippen LogP contribution < -0.4 is 9.80 Å². The zero-order chi connectivity index (χ0) is 19.1. The molecule has 0 bridgehead atoms. The molecule has 8 nitrogen and oxygen atoms in total. The molecule has 0 spiro atoms. The normalized spacial score (nSPS) is 20.7. The van der Waals surface area contributed by atoms with Gasteiger partial charge in [-0.1, -0.05) is 0 Å². The third-order valence-electron chi connectivity index (χ3n) is 5.86. The maximum Gasteiger partial charge on any atom is 0.241 e. The van der Waals surface area contributed by atoms with Crippen molar-refractivity contribution in [2.24, 2.45) is 7.05 Å². The summed E-state index contributed by atoms with van der Waals surface area (Å²) in [4.78, 5) is 27.2. The van der Waals surface area contributed by atoms with E-state index in [1.807, 2.05) is 29.7 Å². The number of amides is 1. The Morgan fingerprint density at radius 1 is 1.07 bits per heavy atom. The van der Waals surface area contributed by atoms with Crippen LogP contribution in [0.1, 0.15) is 35.8 Å². The molecule has 2 aliphatic heterocycles. The number of aryl methyl sites for hydroxylation is 2. The van der Waals surface area contributed by atoms with Crippen molar-refractivity contribution in [3.05, 3.63) is 29.3 Å². The molecule has 4 heterocycles. The minimum absolute atomic E-state index is 0.127. The number of rotatable bonds is 3. The minimum atomic E-state index is 0.127. The van der Waals surface area contributed by atoms with Crippen LogP contribution >= 0.6 is 0 Å². The Morgan fingerprint density at radius 3 is 2.56 bits per heavy atom. The van der Waals surface area contributed by atoms with Crippen LogP contribution in [0.2, 0.25) is 0 Å². The number of nitrogens with zero attached hydrogens (tertiary/aromatic N) is 7. The highest BCUT2D eigenvalue weighted by Crippen LogP contribution is 2.38. The summed E-state index contributed by atoms with van der Waals surface area (Å²) in [6, 6.07) is 2.31. The molecule has 144 valence electrons. The van der Waals surface area contributed by atoms with E-state index in [0.29, 0.717) is 6.54 Å². The summed E-state index contributed by atoms with van der Waals surface area (Å²) in [5.41, 5.74) is 3.61. The Bertz CT molecular complexity index is 862. The number of likely N-dealkylation sites (N-methyl/N-ethyl adjacent to an activating group) is 1. The van der Waals surface area contributed by atoms with Gasteiger partial charge >= 0.3 is 0 Å². The molecule has 2 aliphatic rings. The molecule has 8 heteroatoms. The van der Waals surface area contributed by atoms with Gasteiger partial charge in [-0.15, -0.1) is 0 Å². The first kappa shape index (κ1) is 17.8. The third-order valence-corrected chi connectivity index (χ3v) is 5.86. The standard InChI is InChI=1S/C19H27N7O/c1-13-19(14(2)24(4)22-13)15-6-5-7-26(15)17-10-16(20-12-21-17)25-9-8-23(3)18(27)11-25/h10,12,15H,5-9,11H2,1-4H3. The molecule has 2 aromatic rings. The number of piperazine rings is 1. The Morgan fingerprint density at radius 2 is 1.85 bits per heavy atom. The third kappa shape index (κ3) is 3.13. The van der Waals surface area contributed by atoms with Crippen molar-refractivity contribution < 1.29 is 4.79 Å². The van der Waals surface area contributed by atoms with E-state index >= 15 is 0 Å². The van der Waals surface area contributed by atoms with E-state index in [4.69, 9.17) is 0 Å². The summed E-state index contributed by atoms with van der Waals surface area (Å²) in [7, 11) is 3.84. The fourth-order valence-corrected chi connectivity index (χ4v) is 4.23. The maximum atomic E-state index is 12.1. The van der Waals surface area contributed by atoms with Gasteiger partial charge in [-0.05, 0) is 26.7 Å².